The minimum absolute atomic E-state index is 0.668. The Bertz CT molecular complexity index is 1080. The molecule has 0 saturated carbocycles. The van der Waals surface area contributed by atoms with E-state index in [9.17, 15) is 0 Å². The van der Waals surface area contributed by atoms with Crippen molar-refractivity contribution in [2.24, 2.45) is 0 Å². The van der Waals surface area contributed by atoms with E-state index in [-0.39, 0.29) is 0 Å². The van der Waals surface area contributed by atoms with Crippen LogP contribution in [-0.2, 0) is 13.2 Å². The van der Waals surface area contributed by atoms with E-state index in [1.807, 2.05) is 0 Å². The zero-order valence-corrected chi connectivity index (χ0v) is 10.8. The van der Waals surface area contributed by atoms with Crippen molar-refractivity contribution >= 4 is 27.3 Å². The average Bonchev–Trinajstić information content (AvgIpc) is 3.01. The SMILES string of the molecule is c1cc2c3c(c1)c1cccc4c1n1c(c[n+](c31)C2)OC4. The van der Waals surface area contributed by atoms with E-state index in [4.69, 9.17) is 4.74 Å². The molecular weight excluding hydrogens is 248 g/mol. The Morgan fingerprint density at radius 3 is 2.80 bits per heavy atom. The van der Waals surface area contributed by atoms with Gasteiger partial charge < -0.3 is 4.74 Å². The molecule has 0 aliphatic carbocycles. The first-order valence-electron chi connectivity index (χ1n) is 6.95. The molecule has 0 amide bonds. The number of benzene rings is 2. The van der Waals surface area contributed by atoms with Crippen LogP contribution in [0.3, 0.4) is 0 Å². The lowest BCUT2D eigenvalue weighted by Gasteiger charge is -2.13. The van der Waals surface area contributed by atoms with Crippen LogP contribution in [0.25, 0.3) is 27.3 Å². The molecule has 94 valence electrons. The number of rotatable bonds is 0. The summed E-state index contributed by atoms with van der Waals surface area (Å²) in [7, 11) is 0. The zero-order valence-electron chi connectivity index (χ0n) is 10.8. The van der Waals surface area contributed by atoms with Gasteiger partial charge in [-0.2, -0.15) is 4.40 Å². The van der Waals surface area contributed by atoms with Crippen LogP contribution < -0.4 is 9.30 Å². The van der Waals surface area contributed by atoms with Crippen LogP contribution in [0.15, 0.2) is 42.6 Å². The standard InChI is InChI=1S/C17H11N2O/c1-3-10-7-18-8-14-19-16-11(9-20-14)4-2-6-13(16)12(5-1)15(10)17(18)19/h1-6,8H,7,9H2/q+1. The largest absolute Gasteiger partial charge is 0.454 e. The first-order valence-corrected chi connectivity index (χ1v) is 6.95. The maximum absolute atomic E-state index is 5.93. The van der Waals surface area contributed by atoms with Crippen LogP contribution in [0.1, 0.15) is 11.1 Å². The van der Waals surface area contributed by atoms with Crippen molar-refractivity contribution in [3.63, 3.8) is 0 Å². The second-order valence-corrected chi connectivity index (χ2v) is 5.70. The predicted octanol–water partition coefficient (Wildman–Crippen LogP) is 2.79. The Morgan fingerprint density at radius 1 is 1.00 bits per heavy atom. The monoisotopic (exact) mass is 259 g/mol. The lowest BCUT2D eigenvalue weighted by atomic mass is 10.0. The average molecular weight is 259 g/mol. The molecular formula is C17H11N2O+. The molecule has 0 radical (unpaired) electrons. The molecule has 0 atom stereocenters. The van der Waals surface area contributed by atoms with Crippen LogP contribution in [0, 0.1) is 0 Å². The van der Waals surface area contributed by atoms with Gasteiger partial charge in [0.1, 0.15) is 13.2 Å². The van der Waals surface area contributed by atoms with Gasteiger partial charge in [-0.1, -0.05) is 36.4 Å². The summed E-state index contributed by atoms with van der Waals surface area (Å²) in [5, 5.41) is 4.08. The number of hydrogen-bond donors (Lipinski definition) is 0. The Morgan fingerprint density at radius 2 is 1.85 bits per heavy atom. The van der Waals surface area contributed by atoms with Gasteiger partial charge in [-0.15, -0.1) is 0 Å². The first kappa shape index (κ1) is 9.37. The van der Waals surface area contributed by atoms with Crippen molar-refractivity contribution in [2.45, 2.75) is 13.2 Å². The van der Waals surface area contributed by atoms with Crippen LogP contribution in [-0.4, -0.2) is 4.40 Å². The molecule has 2 aromatic heterocycles. The van der Waals surface area contributed by atoms with Gasteiger partial charge in [-0.05, 0) is 0 Å². The smallest absolute Gasteiger partial charge is 0.330 e. The lowest BCUT2D eigenvalue weighted by Crippen LogP contribution is -2.28. The van der Waals surface area contributed by atoms with Gasteiger partial charge in [0.15, 0.2) is 11.7 Å². The molecule has 2 aromatic carbocycles. The summed E-state index contributed by atoms with van der Waals surface area (Å²) in [6.07, 6.45) is 2.14. The number of para-hydroxylation sites is 1. The van der Waals surface area contributed by atoms with Crippen LogP contribution in [0.5, 0.6) is 5.88 Å². The van der Waals surface area contributed by atoms with Crippen molar-refractivity contribution in [3.8, 4) is 5.88 Å². The van der Waals surface area contributed by atoms with Gasteiger partial charge in [0.05, 0.1) is 5.39 Å². The van der Waals surface area contributed by atoms with Crippen LogP contribution in [0.4, 0.5) is 0 Å². The predicted molar refractivity (Wildman–Crippen MR) is 76.0 cm³/mol. The highest BCUT2D eigenvalue weighted by Gasteiger charge is 2.33. The molecule has 20 heavy (non-hydrogen) atoms. The number of imidazole rings is 1. The molecule has 0 bridgehead atoms. The number of ether oxygens (including phenoxy) is 1. The normalized spacial score (nSPS) is 15.0. The number of pyridine rings is 1. The maximum Gasteiger partial charge on any atom is 0.330 e. The molecule has 4 aromatic rings. The molecule has 2 aliphatic rings. The van der Waals surface area contributed by atoms with Crippen molar-refractivity contribution < 1.29 is 9.30 Å². The summed E-state index contributed by atoms with van der Waals surface area (Å²) in [6.45, 7) is 1.62. The van der Waals surface area contributed by atoms with E-state index in [2.05, 4.69) is 51.6 Å². The minimum atomic E-state index is 0.668. The van der Waals surface area contributed by atoms with E-state index < -0.39 is 0 Å². The Kier molecular flexibility index (Phi) is 1.31. The van der Waals surface area contributed by atoms with Crippen molar-refractivity contribution in [2.75, 3.05) is 0 Å². The highest BCUT2D eigenvalue weighted by molar-refractivity contribution is 6.13. The Hall–Kier alpha value is -2.55. The molecule has 0 spiro atoms. The summed E-state index contributed by atoms with van der Waals surface area (Å²) in [5.41, 5.74) is 5.28. The second-order valence-electron chi connectivity index (χ2n) is 5.70. The quantitative estimate of drug-likeness (QED) is 0.309. The number of fused-ring (bicyclic) bond motifs is 1. The molecule has 6 rings (SSSR count). The number of nitrogens with zero attached hydrogens (tertiary/aromatic N) is 2. The van der Waals surface area contributed by atoms with E-state index in [0.717, 1.165) is 12.4 Å². The molecule has 0 unspecified atom stereocenters. The third kappa shape index (κ3) is 0.827. The Labute approximate surface area is 114 Å². The van der Waals surface area contributed by atoms with Gasteiger partial charge in [0, 0.05) is 21.9 Å². The van der Waals surface area contributed by atoms with E-state index in [1.54, 1.807) is 0 Å². The minimum Gasteiger partial charge on any atom is -0.454 e. The Balaban J connectivity index is 2.13. The fourth-order valence-electron chi connectivity index (χ4n) is 3.92. The zero-order chi connectivity index (χ0) is 12.8. The number of aromatic nitrogens is 2. The summed E-state index contributed by atoms with van der Waals surface area (Å²) >= 11 is 0. The highest BCUT2D eigenvalue weighted by Crippen LogP contribution is 2.39. The topological polar surface area (TPSA) is 17.5 Å². The third-order valence-electron chi connectivity index (χ3n) is 4.69. The molecule has 3 heteroatoms. The van der Waals surface area contributed by atoms with Crippen LogP contribution in [0.2, 0.25) is 0 Å². The van der Waals surface area contributed by atoms with E-state index in [1.165, 1.54) is 38.4 Å². The molecule has 0 fully saturated rings. The fourth-order valence-corrected chi connectivity index (χ4v) is 3.92. The molecule has 0 saturated heterocycles. The summed E-state index contributed by atoms with van der Waals surface area (Å²) in [4.78, 5) is 0. The van der Waals surface area contributed by atoms with Gasteiger partial charge in [-0.3, -0.25) is 0 Å². The van der Waals surface area contributed by atoms with Gasteiger partial charge in [-0.25, -0.2) is 4.57 Å². The van der Waals surface area contributed by atoms with Crippen LogP contribution >= 0.6 is 0 Å². The third-order valence-corrected chi connectivity index (χ3v) is 4.69. The second kappa shape index (κ2) is 2.80. The van der Waals surface area contributed by atoms with E-state index >= 15 is 0 Å². The number of hydrogen-bond acceptors (Lipinski definition) is 1. The highest BCUT2D eigenvalue weighted by atomic mass is 16.5. The van der Waals surface area contributed by atoms with E-state index in [0.29, 0.717) is 6.61 Å². The van der Waals surface area contributed by atoms with Crippen molar-refractivity contribution in [1.82, 2.24) is 4.40 Å². The first-order chi connectivity index (χ1) is 9.92. The lowest BCUT2D eigenvalue weighted by molar-refractivity contribution is -0.657. The summed E-state index contributed by atoms with van der Waals surface area (Å²) in [5.74, 6) is 0.972. The van der Waals surface area contributed by atoms with Gasteiger partial charge >= 0.3 is 5.88 Å². The van der Waals surface area contributed by atoms with Crippen molar-refractivity contribution in [3.05, 3.63) is 53.7 Å². The fraction of sp³-hybridized carbons (Fsp3) is 0.118. The molecule has 4 heterocycles. The van der Waals surface area contributed by atoms with Gasteiger partial charge in [0.2, 0.25) is 0 Å². The molecule has 3 nitrogen and oxygen atoms in total. The van der Waals surface area contributed by atoms with Gasteiger partial charge in [0.25, 0.3) is 5.65 Å². The summed E-state index contributed by atoms with van der Waals surface area (Å²) < 4.78 is 10.5. The molecule has 2 aliphatic heterocycles. The van der Waals surface area contributed by atoms with Crippen molar-refractivity contribution in [1.29, 1.82) is 0 Å². The summed E-state index contributed by atoms with van der Waals surface area (Å²) in [6, 6.07) is 13.2. The molecule has 0 N–H and O–H groups in total. The maximum atomic E-state index is 5.93.